The largest absolute Gasteiger partial charge is 0.309 e. The highest BCUT2D eigenvalue weighted by Gasteiger charge is 2.13. The molecule has 1 rings (SSSR count). The summed E-state index contributed by atoms with van der Waals surface area (Å²) in [5.41, 5.74) is 0.719. The molecule has 0 aliphatic carbocycles. The summed E-state index contributed by atoms with van der Waals surface area (Å²) in [7, 11) is 0. The molecule has 0 bridgehead atoms. The van der Waals surface area contributed by atoms with Crippen molar-refractivity contribution in [1.82, 2.24) is 5.32 Å². The van der Waals surface area contributed by atoms with Gasteiger partial charge in [-0.1, -0.05) is 6.08 Å². The first-order valence-electron chi connectivity index (χ1n) is 5.93. The van der Waals surface area contributed by atoms with Gasteiger partial charge < -0.3 is 5.32 Å². The van der Waals surface area contributed by atoms with E-state index in [1.807, 2.05) is 13.0 Å². The molecular weight excluding hydrogens is 252 g/mol. The summed E-state index contributed by atoms with van der Waals surface area (Å²) in [5, 5.41) is 3.18. The summed E-state index contributed by atoms with van der Waals surface area (Å²) in [6.07, 6.45) is 1.85. The molecule has 100 valence electrons. The van der Waals surface area contributed by atoms with Crippen molar-refractivity contribution in [1.29, 1.82) is 0 Å². The molecule has 1 atom stereocenters. The standard InChI is InChI=1S/C14H19F2NS/c1-4-6-18-7-5-17-11(3)12-9-13(15)10(2)8-14(12)16/h4,8-9,11,17H,1,5-7H2,2-3H3. The molecule has 0 saturated carbocycles. The Balaban J connectivity index is 2.53. The zero-order chi connectivity index (χ0) is 13.5. The Morgan fingerprint density at radius 3 is 2.78 bits per heavy atom. The zero-order valence-corrected chi connectivity index (χ0v) is 11.6. The fourth-order valence-electron chi connectivity index (χ4n) is 1.62. The quantitative estimate of drug-likeness (QED) is 0.597. The minimum atomic E-state index is -0.360. The molecular formula is C14H19F2NS. The Morgan fingerprint density at radius 2 is 2.11 bits per heavy atom. The maximum atomic E-state index is 13.7. The highest BCUT2D eigenvalue weighted by atomic mass is 32.2. The number of nitrogens with one attached hydrogen (secondary N) is 1. The number of benzene rings is 1. The van der Waals surface area contributed by atoms with E-state index in [-0.39, 0.29) is 17.7 Å². The van der Waals surface area contributed by atoms with Gasteiger partial charge in [0.2, 0.25) is 0 Å². The predicted molar refractivity (Wildman–Crippen MR) is 75.0 cm³/mol. The van der Waals surface area contributed by atoms with Gasteiger partial charge in [-0.2, -0.15) is 11.8 Å². The van der Waals surface area contributed by atoms with Crippen LogP contribution in [0.3, 0.4) is 0 Å². The van der Waals surface area contributed by atoms with Gasteiger partial charge in [0.25, 0.3) is 0 Å². The van der Waals surface area contributed by atoms with Crippen molar-refractivity contribution in [3.63, 3.8) is 0 Å². The van der Waals surface area contributed by atoms with Gasteiger partial charge in [-0.3, -0.25) is 0 Å². The molecule has 0 radical (unpaired) electrons. The number of halogens is 2. The third kappa shape index (κ3) is 4.42. The summed E-state index contributed by atoms with van der Waals surface area (Å²) in [5.74, 6) is 1.12. The van der Waals surface area contributed by atoms with Crippen molar-refractivity contribution < 1.29 is 8.78 Å². The van der Waals surface area contributed by atoms with E-state index < -0.39 is 0 Å². The van der Waals surface area contributed by atoms with Crippen molar-refractivity contribution in [2.45, 2.75) is 19.9 Å². The molecule has 4 heteroatoms. The second-order valence-electron chi connectivity index (χ2n) is 4.16. The SMILES string of the molecule is C=CCSCCNC(C)c1cc(F)c(C)cc1F. The lowest BCUT2D eigenvalue weighted by Crippen LogP contribution is -2.22. The molecule has 0 fully saturated rings. The van der Waals surface area contributed by atoms with Gasteiger partial charge in [0.1, 0.15) is 11.6 Å². The van der Waals surface area contributed by atoms with Gasteiger partial charge in [0.05, 0.1) is 0 Å². The van der Waals surface area contributed by atoms with Gasteiger partial charge in [-0.15, -0.1) is 6.58 Å². The normalized spacial score (nSPS) is 12.4. The molecule has 1 unspecified atom stereocenters. The van der Waals surface area contributed by atoms with Gasteiger partial charge in [-0.25, -0.2) is 8.78 Å². The Kier molecular flexibility index (Phi) is 6.36. The molecule has 0 aliphatic rings. The lowest BCUT2D eigenvalue weighted by molar-refractivity contribution is 0.528. The molecule has 1 nitrogen and oxygen atoms in total. The second-order valence-corrected chi connectivity index (χ2v) is 5.31. The Labute approximate surface area is 112 Å². The molecule has 0 aromatic heterocycles. The fraction of sp³-hybridized carbons (Fsp3) is 0.429. The molecule has 18 heavy (non-hydrogen) atoms. The van der Waals surface area contributed by atoms with Gasteiger partial charge >= 0.3 is 0 Å². The van der Waals surface area contributed by atoms with E-state index in [0.29, 0.717) is 11.1 Å². The summed E-state index contributed by atoms with van der Waals surface area (Å²) in [4.78, 5) is 0. The highest BCUT2D eigenvalue weighted by Crippen LogP contribution is 2.20. The number of rotatable bonds is 7. The van der Waals surface area contributed by atoms with Gasteiger partial charge in [0, 0.05) is 29.7 Å². The monoisotopic (exact) mass is 271 g/mol. The van der Waals surface area contributed by atoms with Crippen LogP contribution in [0.25, 0.3) is 0 Å². The molecule has 1 N–H and O–H groups in total. The van der Waals surface area contributed by atoms with Crippen LogP contribution in [0.4, 0.5) is 8.78 Å². The third-order valence-corrected chi connectivity index (χ3v) is 3.64. The Bertz CT molecular complexity index is 407. The molecule has 0 saturated heterocycles. The number of thioether (sulfide) groups is 1. The predicted octanol–water partition coefficient (Wildman–Crippen LogP) is 3.84. The average molecular weight is 271 g/mol. The van der Waals surface area contributed by atoms with Crippen molar-refractivity contribution in [2.75, 3.05) is 18.1 Å². The Morgan fingerprint density at radius 1 is 1.39 bits per heavy atom. The van der Waals surface area contributed by atoms with E-state index in [9.17, 15) is 8.78 Å². The van der Waals surface area contributed by atoms with E-state index in [4.69, 9.17) is 0 Å². The van der Waals surface area contributed by atoms with Crippen LogP contribution in [0.2, 0.25) is 0 Å². The van der Waals surface area contributed by atoms with Crippen molar-refractivity contribution in [3.05, 3.63) is 47.5 Å². The fourth-order valence-corrected chi connectivity index (χ4v) is 2.21. The van der Waals surface area contributed by atoms with Crippen LogP contribution in [0.1, 0.15) is 24.1 Å². The molecule has 0 amide bonds. The lowest BCUT2D eigenvalue weighted by Gasteiger charge is -2.15. The van der Waals surface area contributed by atoms with Crippen LogP contribution in [-0.2, 0) is 0 Å². The van der Waals surface area contributed by atoms with E-state index in [1.54, 1.807) is 18.7 Å². The second kappa shape index (κ2) is 7.54. The topological polar surface area (TPSA) is 12.0 Å². The smallest absolute Gasteiger partial charge is 0.128 e. The Hall–Kier alpha value is -0.870. The van der Waals surface area contributed by atoms with Crippen molar-refractivity contribution in [2.24, 2.45) is 0 Å². The molecule has 1 aromatic carbocycles. The van der Waals surface area contributed by atoms with Gasteiger partial charge in [0.15, 0.2) is 0 Å². The first kappa shape index (κ1) is 15.2. The van der Waals surface area contributed by atoms with Gasteiger partial charge in [-0.05, 0) is 31.5 Å². The first-order chi connectivity index (χ1) is 8.56. The third-order valence-electron chi connectivity index (χ3n) is 2.68. The molecule has 1 aromatic rings. The van der Waals surface area contributed by atoms with Crippen LogP contribution < -0.4 is 5.32 Å². The summed E-state index contributed by atoms with van der Waals surface area (Å²) in [6, 6.07) is 2.33. The number of hydrogen-bond donors (Lipinski definition) is 1. The van der Waals surface area contributed by atoms with E-state index in [1.165, 1.54) is 12.1 Å². The number of hydrogen-bond acceptors (Lipinski definition) is 2. The molecule has 0 aliphatic heterocycles. The van der Waals surface area contributed by atoms with E-state index >= 15 is 0 Å². The van der Waals surface area contributed by atoms with E-state index in [0.717, 1.165) is 18.1 Å². The first-order valence-corrected chi connectivity index (χ1v) is 7.09. The lowest BCUT2D eigenvalue weighted by atomic mass is 10.1. The molecule has 0 spiro atoms. The molecule has 0 heterocycles. The maximum Gasteiger partial charge on any atom is 0.128 e. The zero-order valence-electron chi connectivity index (χ0n) is 10.8. The van der Waals surface area contributed by atoms with Crippen LogP contribution in [-0.4, -0.2) is 18.1 Å². The number of aryl methyl sites for hydroxylation is 1. The minimum Gasteiger partial charge on any atom is -0.309 e. The van der Waals surface area contributed by atoms with Crippen LogP contribution in [0.15, 0.2) is 24.8 Å². The van der Waals surface area contributed by atoms with Crippen molar-refractivity contribution >= 4 is 11.8 Å². The minimum absolute atomic E-state index is 0.190. The summed E-state index contributed by atoms with van der Waals surface area (Å²) < 4.78 is 27.1. The summed E-state index contributed by atoms with van der Waals surface area (Å²) in [6.45, 7) is 7.80. The maximum absolute atomic E-state index is 13.7. The average Bonchev–Trinajstić information content (AvgIpc) is 2.33. The van der Waals surface area contributed by atoms with E-state index in [2.05, 4.69) is 11.9 Å². The summed E-state index contributed by atoms with van der Waals surface area (Å²) >= 11 is 1.75. The van der Waals surface area contributed by atoms with Crippen molar-refractivity contribution in [3.8, 4) is 0 Å². The highest BCUT2D eigenvalue weighted by molar-refractivity contribution is 7.99. The van der Waals surface area contributed by atoms with Crippen LogP contribution in [0.5, 0.6) is 0 Å². The van der Waals surface area contributed by atoms with Crippen LogP contribution >= 0.6 is 11.8 Å². The van der Waals surface area contributed by atoms with Crippen LogP contribution in [0, 0.1) is 18.6 Å².